The summed E-state index contributed by atoms with van der Waals surface area (Å²) in [5.74, 6) is 1.04. The lowest BCUT2D eigenvalue weighted by Crippen LogP contribution is -2.15. The molecule has 0 saturated carbocycles. The van der Waals surface area contributed by atoms with E-state index in [0.29, 0.717) is 24.6 Å². The van der Waals surface area contributed by atoms with Crippen molar-refractivity contribution < 1.29 is 4.79 Å². The Morgan fingerprint density at radius 2 is 1.74 bits per heavy atom. The number of aromatic nitrogens is 2. The molecule has 0 atom stereocenters. The number of carbonyl (C=O) groups is 1. The summed E-state index contributed by atoms with van der Waals surface area (Å²) < 4.78 is 0. The zero-order chi connectivity index (χ0) is 15.9. The van der Waals surface area contributed by atoms with Crippen LogP contribution in [0.4, 0.5) is 11.6 Å². The quantitative estimate of drug-likeness (QED) is 0.730. The van der Waals surface area contributed by atoms with Crippen LogP contribution in [0.2, 0.25) is 0 Å². The first-order chi connectivity index (χ1) is 11.3. The highest BCUT2D eigenvalue weighted by Gasteiger charge is 2.06. The molecule has 6 heteroatoms. The third kappa shape index (κ3) is 4.62. The molecule has 0 aliphatic carbocycles. The van der Waals surface area contributed by atoms with E-state index in [1.807, 2.05) is 47.8 Å². The molecule has 2 heterocycles. The summed E-state index contributed by atoms with van der Waals surface area (Å²) in [4.78, 5) is 12.9. The minimum absolute atomic E-state index is 0.0910. The maximum Gasteiger partial charge on any atom is 0.230 e. The molecular formula is C17H16N4OS. The number of rotatable bonds is 6. The molecule has 2 N–H and O–H groups in total. The van der Waals surface area contributed by atoms with Crippen molar-refractivity contribution in [1.29, 1.82) is 0 Å². The van der Waals surface area contributed by atoms with Crippen molar-refractivity contribution in [1.82, 2.24) is 10.2 Å². The van der Waals surface area contributed by atoms with Gasteiger partial charge in [0.05, 0.1) is 6.42 Å². The fourth-order valence-corrected chi connectivity index (χ4v) is 2.74. The molecule has 0 radical (unpaired) electrons. The normalized spacial score (nSPS) is 10.3. The van der Waals surface area contributed by atoms with E-state index in [1.54, 1.807) is 23.5 Å². The SMILES string of the molecule is O=C(Cc1cccs1)Nc1ccc(NCc2ccccc2)nn1. The molecule has 23 heavy (non-hydrogen) atoms. The number of thiophene rings is 1. The Kier molecular flexibility index (Phi) is 4.95. The van der Waals surface area contributed by atoms with E-state index in [0.717, 1.165) is 4.88 Å². The number of hydrogen-bond acceptors (Lipinski definition) is 5. The van der Waals surface area contributed by atoms with Gasteiger partial charge in [-0.1, -0.05) is 36.4 Å². The molecule has 1 aromatic carbocycles. The first-order valence-corrected chi connectivity index (χ1v) is 8.11. The van der Waals surface area contributed by atoms with Crippen LogP contribution in [0.3, 0.4) is 0 Å². The van der Waals surface area contributed by atoms with Gasteiger partial charge in [0.15, 0.2) is 5.82 Å². The molecule has 0 spiro atoms. The molecule has 3 aromatic rings. The molecular weight excluding hydrogens is 308 g/mol. The third-order valence-electron chi connectivity index (χ3n) is 3.16. The topological polar surface area (TPSA) is 66.9 Å². The molecule has 0 unspecified atom stereocenters. The van der Waals surface area contributed by atoms with Gasteiger partial charge >= 0.3 is 0 Å². The molecule has 5 nitrogen and oxygen atoms in total. The molecule has 1 amide bonds. The van der Waals surface area contributed by atoms with E-state index in [2.05, 4.69) is 20.8 Å². The Hall–Kier alpha value is -2.73. The third-order valence-corrected chi connectivity index (χ3v) is 4.04. The van der Waals surface area contributed by atoms with E-state index in [4.69, 9.17) is 0 Å². The minimum Gasteiger partial charge on any atom is -0.365 e. The summed E-state index contributed by atoms with van der Waals surface area (Å²) in [5.41, 5.74) is 1.17. The molecule has 0 aliphatic rings. The van der Waals surface area contributed by atoms with Crippen LogP contribution in [0, 0.1) is 0 Å². The number of nitrogens with zero attached hydrogens (tertiary/aromatic N) is 2. The van der Waals surface area contributed by atoms with Crippen LogP contribution in [0.25, 0.3) is 0 Å². The van der Waals surface area contributed by atoms with Crippen LogP contribution in [0.5, 0.6) is 0 Å². The summed E-state index contributed by atoms with van der Waals surface area (Å²) >= 11 is 1.56. The van der Waals surface area contributed by atoms with Crippen LogP contribution in [0.1, 0.15) is 10.4 Å². The number of anilines is 2. The Labute approximate surface area is 138 Å². The Bertz CT molecular complexity index is 742. The van der Waals surface area contributed by atoms with Gasteiger partial charge in [-0.3, -0.25) is 4.79 Å². The first kappa shape index (κ1) is 15.2. The van der Waals surface area contributed by atoms with Crippen molar-refractivity contribution >= 4 is 28.9 Å². The van der Waals surface area contributed by atoms with Gasteiger partial charge < -0.3 is 10.6 Å². The average molecular weight is 324 g/mol. The van der Waals surface area contributed by atoms with Crippen molar-refractivity contribution in [3.05, 3.63) is 70.4 Å². The van der Waals surface area contributed by atoms with E-state index in [1.165, 1.54) is 5.56 Å². The first-order valence-electron chi connectivity index (χ1n) is 7.23. The monoisotopic (exact) mass is 324 g/mol. The van der Waals surface area contributed by atoms with Crippen molar-refractivity contribution in [2.45, 2.75) is 13.0 Å². The standard InChI is InChI=1S/C17H16N4OS/c22-17(11-14-7-4-10-23-14)19-16-9-8-15(20-21-16)18-12-13-5-2-1-3-6-13/h1-10H,11-12H2,(H,18,20)(H,19,21,22). The zero-order valence-corrected chi connectivity index (χ0v) is 13.2. The van der Waals surface area contributed by atoms with Crippen LogP contribution in [-0.4, -0.2) is 16.1 Å². The van der Waals surface area contributed by atoms with Crippen molar-refractivity contribution in [3.63, 3.8) is 0 Å². The second-order valence-corrected chi connectivity index (χ2v) is 5.98. The number of nitrogens with one attached hydrogen (secondary N) is 2. The van der Waals surface area contributed by atoms with E-state index in [9.17, 15) is 4.79 Å². The Morgan fingerprint density at radius 3 is 2.43 bits per heavy atom. The van der Waals surface area contributed by atoms with Gasteiger partial charge in [0.2, 0.25) is 5.91 Å². The van der Waals surface area contributed by atoms with Gasteiger partial charge in [-0.25, -0.2) is 0 Å². The number of hydrogen-bond donors (Lipinski definition) is 2. The highest BCUT2D eigenvalue weighted by molar-refractivity contribution is 7.10. The van der Waals surface area contributed by atoms with Gasteiger partial charge in [0.1, 0.15) is 5.82 Å². The van der Waals surface area contributed by atoms with E-state index >= 15 is 0 Å². The second-order valence-electron chi connectivity index (χ2n) is 4.95. The summed E-state index contributed by atoms with van der Waals surface area (Å²) in [6.07, 6.45) is 0.355. The van der Waals surface area contributed by atoms with Gasteiger partial charge in [-0.05, 0) is 29.1 Å². The van der Waals surface area contributed by atoms with Gasteiger partial charge in [0, 0.05) is 11.4 Å². The van der Waals surface area contributed by atoms with Crippen molar-refractivity contribution in [2.75, 3.05) is 10.6 Å². The van der Waals surface area contributed by atoms with Crippen LogP contribution >= 0.6 is 11.3 Å². The molecule has 0 fully saturated rings. The number of benzene rings is 1. The second kappa shape index (κ2) is 7.51. The average Bonchev–Trinajstić information content (AvgIpc) is 3.08. The lowest BCUT2D eigenvalue weighted by atomic mass is 10.2. The zero-order valence-electron chi connectivity index (χ0n) is 12.4. The Balaban J connectivity index is 1.51. The Morgan fingerprint density at radius 1 is 0.957 bits per heavy atom. The maximum absolute atomic E-state index is 11.9. The molecule has 2 aromatic heterocycles. The van der Waals surface area contributed by atoms with Gasteiger partial charge in [-0.2, -0.15) is 0 Å². The van der Waals surface area contributed by atoms with Gasteiger partial charge in [-0.15, -0.1) is 21.5 Å². The predicted molar refractivity (Wildman–Crippen MR) is 92.5 cm³/mol. The summed E-state index contributed by atoms with van der Waals surface area (Å²) in [7, 11) is 0. The molecule has 0 saturated heterocycles. The molecule has 116 valence electrons. The predicted octanol–water partition coefficient (Wildman–Crippen LogP) is 3.33. The maximum atomic E-state index is 11.9. The van der Waals surface area contributed by atoms with Crippen molar-refractivity contribution in [3.8, 4) is 0 Å². The van der Waals surface area contributed by atoms with Crippen LogP contribution in [-0.2, 0) is 17.8 Å². The minimum atomic E-state index is -0.0910. The van der Waals surface area contributed by atoms with Crippen LogP contribution < -0.4 is 10.6 Å². The van der Waals surface area contributed by atoms with E-state index in [-0.39, 0.29) is 5.91 Å². The summed E-state index contributed by atoms with van der Waals surface area (Å²) in [6.45, 7) is 0.680. The fourth-order valence-electron chi connectivity index (χ4n) is 2.04. The lowest BCUT2D eigenvalue weighted by Gasteiger charge is -2.06. The van der Waals surface area contributed by atoms with E-state index < -0.39 is 0 Å². The fraction of sp³-hybridized carbons (Fsp3) is 0.118. The number of carbonyl (C=O) groups excluding carboxylic acids is 1. The highest BCUT2D eigenvalue weighted by Crippen LogP contribution is 2.11. The molecule has 0 aliphatic heterocycles. The molecule has 0 bridgehead atoms. The van der Waals surface area contributed by atoms with Crippen molar-refractivity contribution in [2.24, 2.45) is 0 Å². The highest BCUT2D eigenvalue weighted by atomic mass is 32.1. The van der Waals surface area contributed by atoms with Gasteiger partial charge in [0.25, 0.3) is 0 Å². The summed E-state index contributed by atoms with van der Waals surface area (Å²) in [6, 6.07) is 17.5. The number of amides is 1. The lowest BCUT2D eigenvalue weighted by molar-refractivity contribution is -0.115. The largest absolute Gasteiger partial charge is 0.365 e. The molecule has 3 rings (SSSR count). The summed E-state index contributed by atoms with van der Waals surface area (Å²) in [5, 5.41) is 16.0. The smallest absolute Gasteiger partial charge is 0.230 e. The van der Waals surface area contributed by atoms with Crippen LogP contribution in [0.15, 0.2) is 60.0 Å².